The van der Waals surface area contributed by atoms with Gasteiger partial charge in [0.1, 0.15) is 0 Å². The van der Waals surface area contributed by atoms with Crippen LogP contribution in [0, 0.1) is 0 Å². The number of rotatable bonds is 5. The fraction of sp³-hybridized carbons (Fsp3) is 0.800. The molecule has 0 aromatic rings. The van der Waals surface area contributed by atoms with E-state index < -0.39 is 0 Å². The highest BCUT2D eigenvalue weighted by Gasteiger charge is 2.20. The maximum atomic E-state index is 11.7. The number of hydrogen-bond donors (Lipinski definition) is 0. The molecule has 0 saturated carbocycles. The Kier molecular flexibility index (Phi) is 6.56. The summed E-state index contributed by atoms with van der Waals surface area (Å²) in [6.07, 6.45) is 0.853. The van der Waals surface area contributed by atoms with Gasteiger partial charge < -0.3 is 9.80 Å². The van der Waals surface area contributed by atoms with Crippen LogP contribution in [0.5, 0.6) is 0 Å². The molecule has 0 aromatic carbocycles. The van der Waals surface area contributed by atoms with Gasteiger partial charge in [-0.2, -0.15) is 0 Å². The molecule has 0 rings (SSSR count). The van der Waals surface area contributed by atoms with Gasteiger partial charge in [-0.1, -0.05) is 22.9 Å². The van der Waals surface area contributed by atoms with Crippen LogP contribution in [0.3, 0.4) is 0 Å². The molecule has 1 unspecified atom stereocenters. The highest BCUT2D eigenvalue weighted by Crippen LogP contribution is 2.05. The predicted molar refractivity (Wildman–Crippen MR) is 64.0 cm³/mol. The fourth-order valence-corrected chi connectivity index (χ4v) is 1.38. The van der Waals surface area contributed by atoms with Crippen LogP contribution < -0.4 is 0 Å². The van der Waals surface area contributed by atoms with Gasteiger partial charge in [-0.3, -0.25) is 9.59 Å². The largest absolute Gasteiger partial charge is 0.347 e. The molecule has 0 aliphatic carbocycles. The molecule has 0 heterocycles. The first kappa shape index (κ1) is 14.4. The van der Waals surface area contributed by atoms with Crippen molar-refractivity contribution in [2.24, 2.45) is 0 Å². The number of amides is 2. The van der Waals surface area contributed by atoms with Gasteiger partial charge in [0, 0.05) is 20.6 Å². The number of halogens is 1. The third kappa shape index (κ3) is 5.16. The molecule has 88 valence electrons. The zero-order valence-electron chi connectivity index (χ0n) is 9.79. The van der Waals surface area contributed by atoms with Gasteiger partial charge in [-0.25, -0.2) is 0 Å². The van der Waals surface area contributed by atoms with Crippen molar-refractivity contribution in [1.82, 2.24) is 9.80 Å². The van der Waals surface area contributed by atoms with Gasteiger partial charge in [0.05, 0.1) is 11.4 Å². The Bertz CT molecular complexity index is 229. The van der Waals surface area contributed by atoms with Crippen molar-refractivity contribution in [3.05, 3.63) is 0 Å². The molecule has 15 heavy (non-hydrogen) atoms. The van der Waals surface area contributed by atoms with E-state index in [9.17, 15) is 9.59 Å². The molecule has 0 radical (unpaired) electrons. The lowest BCUT2D eigenvalue weighted by molar-refractivity contribution is -0.138. The molecule has 1 atom stereocenters. The summed E-state index contributed by atoms with van der Waals surface area (Å²) < 4.78 is 0. The molecule has 0 aliphatic heterocycles. The average Bonchev–Trinajstić information content (AvgIpc) is 2.15. The molecular formula is C10H19BrN2O2. The first-order valence-corrected chi connectivity index (χ1v) is 5.94. The van der Waals surface area contributed by atoms with Crippen LogP contribution in [-0.2, 0) is 9.59 Å². The minimum Gasteiger partial charge on any atom is -0.347 e. The second-order valence-corrected chi connectivity index (χ2v) is 5.04. The van der Waals surface area contributed by atoms with Gasteiger partial charge in [0.2, 0.25) is 11.8 Å². The van der Waals surface area contributed by atoms with E-state index in [0.29, 0.717) is 6.54 Å². The minimum atomic E-state index is -0.237. The second-order valence-electron chi connectivity index (χ2n) is 3.66. The molecule has 4 nitrogen and oxygen atoms in total. The van der Waals surface area contributed by atoms with E-state index >= 15 is 0 Å². The highest BCUT2D eigenvalue weighted by atomic mass is 79.9. The first-order chi connectivity index (χ1) is 6.90. The molecule has 0 N–H and O–H groups in total. The monoisotopic (exact) mass is 278 g/mol. The van der Waals surface area contributed by atoms with Crippen LogP contribution in [0.2, 0.25) is 0 Å². The first-order valence-electron chi connectivity index (χ1n) is 5.03. The summed E-state index contributed by atoms with van der Waals surface area (Å²) >= 11 is 3.22. The van der Waals surface area contributed by atoms with Crippen LogP contribution in [0.25, 0.3) is 0 Å². The third-order valence-corrected chi connectivity index (χ3v) is 2.36. The fourth-order valence-electron chi connectivity index (χ4n) is 1.09. The summed E-state index contributed by atoms with van der Waals surface area (Å²) in [5.74, 6) is -0.0861. The number of carbonyl (C=O) groups is 2. The number of nitrogens with zero attached hydrogens (tertiary/aromatic N) is 2. The van der Waals surface area contributed by atoms with E-state index in [1.165, 1.54) is 4.90 Å². The maximum Gasteiger partial charge on any atom is 0.241 e. The molecular weight excluding hydrogens is 260 g/mol. The quantitative estimate of drug-likeness (QED) is 0.707. The third-order valence-electron chi connectivity index (χ3n) is 1.97. The lowest BCUT2D eigenvalue weighted by Crippen LogP contribution is -2.43. The Morgan fingerprint density at radius 1 is 1.33 bits per heavy atom. The maximum absolute atomic E-state index is 11.7. The molecule has 2 amide bonds. The second kappa shape index (κ2) is 6.82. The summed E-state index contributed by atoms with van der Waals surface area (Å²) in [4.78, 5) is 26.0. The van der Waals surface area contributed by atoms with Crippen LogP contribution in [0.15, 0.2) is 0 Å². The van der Waals surface area contributed by atoms with Crippen molar-refractivity contribution < 1.29 is 9.59 Å². The van der Waals surface area contributed by atoms with E-state index in [1.807, 2.05) is 6.92 Å². The van der Waals surface area contributed by atoms with Crippen molar-refractivity contribution in [3.63, 3.8) is 0 Å². The van der Waals surface area contributed by atoms with E-state index in [2.05, 4.69) is 15.9 Å². The van der Waals surface area contributed by atoms with Crippen molar-refractivity contribution >= 4 is 27.7 Å². The standard InChI is InChI=1S/C10H19BrN2O2/c1-5-6-13(10(15)8(2)11)7-9(14)12(3)4/h8H,5-7H2,1-4H3. The average molecular weight is 279 g/mol. The topological polar surface area (TPSA) is 40.6 Å². The van der Waals surface area contributed by atoms with E-state index in [0.717, 1.165) is 6.42 Å². The van der Waals surface area contributed by atoms with Gasteiger partial charge in [0.25, 0.3) is 0 Å². The van der Waals surface area contributed by atoms with E-state index in [-0.39, 0.29) is 23.2 Å². The van der Waals surface area contributed by atoms with Gasteiger partial charge >= 0.3 is 0 Å². The van der Waals surface area contributed by atoms with Crippen molar-refractivity contribution in [1.29, 1.82) is 0 Å². The Morgan fingerprint density at radius 3 is 2.20 bits per heavy atom. The lowest BCUT2D eigenvalue weighted by atomic mass is 10.3. The lowest BCUT2D eigenvalue weighted by Gasteiger charge is -2.24. The van der Waals surface area contributed by atoms with Crippen molar-refractivity contribution in [2.45, 2.75) is 25.1 Å². The Morgan fingerprint density at radius 2 is 1.87 bits per heavy atom. The van der Waals surface area contributed by atoms with Gasteiger partial charge in [-0.15, -0.1) is 0 Å². The van der Waals surface area contributed by atoms with Crippen LogP contribution >= 0.6 is 15.9 Å². The van der Waals surface area contributed by atoms with Crippen molar-refractivity contribution in [3.8, 4) is 0 Å². The Balaban J connectivity index is 4.40. The number of likely N-dealkylation sites (N-methyl/N-ethyl adjacent to an activating group) is 1. The van der Waals surface area contributed by atoms with Crippen LogP contribution in [0.1, 0.15) is 20.3 Å². The summed E-state index contributed by atoms with van der Waals surface area (Å²) in [7, 11) is 3.38. The molecule has 5 heteroatoms. The highest BCUT2D eigenvalue weighted by molar-refractivity contribution is 9.10. The SMILES string of the molecule is CCCN(CC(=O)N(C)C)C(=O)C(C)Br. The van der Waals surface area contributed by atoms with E-state index in [4.69, 9.17) is 0 Å². The van der Waals surface area contributed by atoms with Crippen molar-refractivity contribution in [2.75, 3.05) is 27.2 Å². The predicted octanol–water partition coefficient (Wildman–Crippen LogP) is 1.10. The normalized spacial score (nSPS) is 12.1. The van der Waals surface area contributed by atoms with Gasteiger partial charge in [-0.05, 0) is 13.3 Å². The molecule has 0 spiro atoms. The summed E-state index contributed by atoms with van der Waals surface area (Å²) in [6, 6.07) is 0. The zero-order chi connectivity index (χ0) is 12.0. The van der Waals surface area contributed by atoms with Crippen LogP contribution in [0.4, 0.5) is 0 Å². The summed E-state index contributed by atoms with van der Waals surface area (Å²) in [5, 5.41) is 0. The molecule has 0 bridgehead atoms. The molecule has 0 aromatic heterocycles. The molecule has 0 saturated heterocycles. The minimum absolute atomic E-state index is 0.0351. The van der Waals surface area contributed by atoms with Gasteiger partial charge in [0.15, 0.2) is 0 Å². The molecule has 0 fully saturated rings. The Hall–Kier alpha value is -0.580. The number of carbonyl (C=O) groups excluding carboxylic acids is 2. The zero-order valence-corrected chi connectivity index (χ0v) is 11.4. The summed E-state index contributed by atoms with van der Waals surface area (Å²) in [6.45, 7) is 4.54. The van der Waals surface area contributed by atoms with E-state index in [1.54, 1.807) is 25.9 Å². The number of hydrogen-bond acceptors (Lipinski definition) is 2. The summed E-state index contributed by atoms with van der Waals surface area (Å²) in [5.41, 5.74) is 0. The van der Waals surface area contributed by atoms with Crippen LogP contribution in [-0.4, -0.2) is 53.6 Å². The smallest absolute Gasteiger partial charge is 0.241 e. The Labute approximate surface area is 99.7 Å². The molecule has 0 aliphatic rings. The number of alkyl halides is 1.